The maximum atomic E-state index is 4.66. The van der Waals surface area contributed by atoms with Crippen LogP contribution >= 0.6 is 0 Å². The standard InChI is InChI=1S/C17H16N2/c1-13-6-2-4-8-16(13)18-12-15-11-10-14-7-3-5-9-17(14)19-15/h2-11,18H,12H2,1H3. The van der Waals surface area contributed by atoms with Gasteiger partial charge >= 0.3 is 0 Å². The van der Waals surface area contributed by atoms with Gasteiger partial charge in [-0.3, -0.25) is 4.98 Å². The van der Waals surface area contributed by atoms with E-state index in [1.807, 2.05) is 24.3 Å². The molecule has 3 rings (SSSR count). The maximum Gasteiger partial charge on any atom is 0.0706 e. The fourth-order valence-corrected chi connectivity index (χ4v) is 2.16. The Morgan fingerprint density at radius 3 is 2.58 bits per heavy atom. The van der Waals surface area contributed by atoms with E-state index in [0.717, 1.165) is 23.4 Å². The van der Waals surface area contributed by atoms with Crippen molar-refractivity contribution in [2.75, 3.05) is 5.32 Å². The van der Waals surface area contributed by atoms with E-state index in [4.69, 9.17) is 0 Å². The molecule has 3 aromatic rings. The molecule has 2 aromatic carbocycles. The fraction of sp³-hybridized carbons (Fsp3) is 0.118. The van der Waals surface area contributed by atoms with Crippen molar-refractivity contribution in [1.82, 2.24) is 4.98 Å². The van der Waals surface area contributed by atoms with Crippen molar-refractivity contribution in [2.45, 2.75) is 13.5 Å². The topological polar surface area (TPSA) is 24.9 Å². The third kappa shape index (κ3) is 2.58. The number of pyridine rings is 1. The Balaban J connectivity index is 1.80. The van der Waals surface area contributed by atoms with Crippen LogP contribution in [-0.4, -0.2) is 4.98 Å². The van der Waals surface area contributed by atoms with Crippen LogP contribution in [0.2, 0.25) is 0 Å². The van der Waals surface area contributed by atoms with Crippen molar-refractivity contribution in [2.24, 2.45) is 0 Å². The zero-order valence-electron chi connectivity index (χ0n) is 10.9. The molecular weight excluding hydrogens is 232 g/mol. The van der Waals surface area contributed by atoms with E-state index in [2.05, 4.69) is 53.6 Å². The maximum absolute atomic E-state index is 4.66. The molecule has 19 heavy (non-hydrogen) atoms. The number of anilines is 1. The van der Waals surface area contributed by atoms with E-state index < -0.39 is 0 Å². The molecule has 0 amide bonds. The van der Waals surface area contributed by atoms with Crippen LogP contribution in [0.15, 0.2) is 60.7 Å². The number of rotatable bonds is 3. The van der Waals surface area contributed by atoms with Crippen molar-refractivity contribution >= 4 is 16.6 Å². The molecule has 0 radical (unpaired) electrons. The highest BCUT2D eigenvalue weighted by molar-refractivity contribution is 5.78. The minimum atomic E-state index is 0.746. The lowest BCUT2D eigenvalue weighted by molar-refractivity contribution is 1.06. The number of nitrogens with one attached hydrogen (secondary N) is 1. The van der Waals surface area contributed by atoms with Gasteiger partial charge in [-0.05, 0) is 30.7 Å². The first-order valence-corrected chi connectivity index (χ1v) is 6.47. The molecule has 0 aliphatic carbocycles. The summed E-state index contributed by atoms with van der Waals surface area (Å²) in [5.41, 5.74) is 4.52. The number of para-hydroxylation sites is 2. The Kier molecular flexibility index (Phi) is 3.15. The van der Waals surface area contributed by atoms with Crippen LogP contribution in [0, 0.1) is 6.92 Å². The van der Waals surface area contributed by atoms with Crippen molar-refractivity contribution in [3.05, 3.63) is 71.9 Å². The largest absolute Gasteiger partial charge is 0.379 e. The fourth-order valence-electron chi connectivity index (χ4n) is 2.16. The Labute approximate surface area is 113 Å². The SMILES string of the molecule is Cc1ccccc1NCc1ccc2ccccc2n1. The van der Waals surface area contributed by atoms with Gasteiger partial charge in [0.25, 0.3) is 0 Å². The molecule has 0 aliphatic rings. The van der Waals surface area contributed by atoms with Gasteiger partial charge < -0.3 is 5.32 Å². The summed E-state index contributed by atoms with van der Waals surface area (Å²) in [6, 6.07) is 20.7. The summed E-state index contributed by atoms with van der Waals surface area (Å²) < 4.78 is 0. The number of nitrogens with zero attached hydrogens (tertiary/aromatic N) is 1. The van der Waals surface area contributed by atoms with E-state index in [1.165, 1.54) is 10.9 Å². The molecule has 1 heterocycles. The molecule has 0 fully saturated rings. The zero-order valence-corrected chi connectivity index (χ0v) is 10.9. The normalized spacial score (nSPS) is 10.6. The minimum absolute atomic E-state index is 0.746. The second-order valence-corrected chi connectivity index (χ2v) is 4.66. The monoisotopic (exact) mass is 248 g/mol. The van der Waals surface area contributed by atoms with Gasteiger partial charge in [-0.15, -0.1) is 0 Å². The van der Waals surface area contributed by atoms with Crippen molar-refractivity contribution in [3.63, 3.8) is 0 Å². The second-order valence-electron chi connectivity index (χ2n) is 4.66. The van der Waals surface area contributed by atoms with E-state index in [9.17, 15) is 0 Å². The zero-order chi connectivity index (χ0) is 13.1. The number of hydrogen-bond acceptors (Lipinski definition) is 2. The van der Waals surface area contributed by atoms with E-state index in [0.29, 0.717) is 0 Å². The first-order chi connectivity index (χ1) is 9.33. The highest BCUT2D eigenvalue weighted by Gasteiger charge is 1.99. The number of aromatic nitrogens is 1. The van der Waals surface area contributed by atoms with Gasteiger partial charge in [0.05, 0.1) is 17.8 Å². The van der Waals surface area contributed by atoms with E-state index >= 15 is 0 Å². The Morgan fingerprint density at radius 2 is 1.68 bits per heavy atom. The van der Waals surface area contributed by atoms with E-state index in [-0.39, 0.29) is 0 Å². The average molecular weight is 248 g/mol. The van der Waals surface area contributed by atoms with E-state index in [1.54, 1.807) is 0 Å². The first-order valence-electron chi connectivity index (χ1n) is 6.47. The summed E-state index contributed by atoms with van der Waals surface area (Å²) >= 11 is 0. The highest BCUT2D eigenvalue weighted by Crippen LogP contribution is 2.16. The molecule has 94 valence electrons. The molecule has 0 spiro atoms. The third-order valence-electron chi connectivity index (χ3n) is 3.26. The van der Waals surface area contributed by atoms with Crippen molar-refractivity contribution in [1.29, 1.82) is 0 Å². The smallest absolute Gasteiger partial charge is 0.0706 e. The van der Waals surface area contributed by atoms with Crippen LogP contribution in [0.4, 0.5) is 5.69 Å². The van der Waals surface area contributed by atoms with Gasteiger partial charge in [0.1, 0.15) is 0 Å². The molecule has 0 saturated carbocycles. The molecular formula is C17H16N2. The summed E-state index contributed by atoms with van der Waals surface area (Å²) in [4.78, 5) is 4.66. The summed E-state index contributed by atoms with van der Waals surface area (Å²) in [5.74, 6) is 0. The van der Waals surface area contributed by atoms with Gasteiger partial charge in [0.2, 0.25) is 0 Å². The van der Waals surface area contributed by atoms with Crippen molar-refractivity contribution in [3.8, 4) is 0 Å². The van der Waals surface area contributed by atoms with Gasteiger partial charge in [0, 0.05) is 11.1 Å². The molecule has 0 atom stereocenters. The van der Waals surface area contributed by atoms with Gasteiger partial charge in [-0.25, -0.2) is 0 Å². The molecule has 0 saturated heterocycles. The molecule has 2 heteroatoms. The van der Waals surface area contributed by atoms with Crippen LogP contribution in [0.25, 0.3) is 10.9 Å². The summed E-state index contributed by atoms with van der Waals surface area (Å²) in [7, 11) is 0. The number of hydrogen-bond donors (Lipinski definition) is 1. The summed E-state index contributed by atoms with van der Waals surface area (Å²) in [6.45, 7) is 2.85. The molecule has 1 aromatic heterocycles. The Bertz CT molecular complexity index is 704. The van der Waals surface area contributed by atoms with Crippen LogP contribution in [-0.2, 0) is 6.54 Å². The van der Waals surface area contributed by atoms with Crippen LogP contribution in [0.3, 0.4) is 0 Å². The molecule has 2 nitrogen and oxygen atoms in total. The summed E-state index contributed by atoms with van der Waals surface area (Å²) in [6.07, 6.45) is 0. The Morgan fingerprint density at radius 1 is 0.895 bits per heavy atom. The summed E-state index contributed by atoms with van der Waals surface area (Å²) in [5, 5.41) is 4.61. The Hall–Kier alpha value is -2.35. The van der Waals surface area contributed by atoms with Gasteiger partial charge in [-0.1, -0.05) is 42.5 Å². The number of aryl methyl sites for hydroxylation is 1. The lowest BCUT2D eigenvalue weighted by Crippen LogP contribution is -2.02. The third-order valence-corrected chi connectivity index (χ3v) is 3.26. The quantitative estimate of drug-likeness (QED) is 0.753. The van der Waals surface area contributed by atoms with Crippen LogP contribution < -0.4 is 5.32 Å². The lowest BCUT2D eigenvalue weighted by atomic mass is 10.2. The highest BCUT2D eigenvalue weighted by atomic mass is 14.9. The van der Waals surface area contributed by atoms with Crippen LogP contribution in [0.1, 0.15) is 11.3 Å². The minimum Gasteiger partial charge on any atom is -0.379 e. The molecule has 0 aliphatic heterocycles. The predicted octanol–water partition coefficient (Wildman–Crippen LogP) is 4.16. The van der Waals surface area contributed by atoms with Gasteiger partial charge in [0.15, 0.2) is 0 Å². The molecule has 1 N–H and O–H groups in total. The predicted molar refractivity (Wildman–Crippen MR) is 80.2 cm³/mol. The van der Waals surface area contributed by atoms with Crippen molar-refractivity contribution < 1.29 is 0 Å². The lowest BCUT2D eigenvalue weighted by Gasteiger charge is -2.09. The average Bonchev–Trinajstić information content (AvgIpc) is 2.46. The second kappa shape index (κ2) is 5.11. The number of benzene rings is 2. The molecule has 0 unspecified atom stereocenters. The number of fused-ring (bicyclic) bond motifs is 1. The first kappa shape index (κ1) is 11.7. The van der Waals surface area contributed by atoms with Gasteiger partial charge in [-0.2, -0.15) is 0 Å². The van der Waals surface area contributed by atoms with Crippen LogP contribution in [0.5, 0.6) is 0 Å². The molecule has 0 bridgehead atoms.